The summed E-state index contributed by atoms with van der Waals surface area (Å²) >= 11 is 6.08. The molecule has 1 nitrogen and oxygen atoms in total. The lowest BCUT2D eigenvalue weighted by atomic mass is 9.97. The van der Waals surface area contributed by atoms with Crippen molar-refractivity contribution in [1.29, 1.82) is 0 Å². The summed E-state index contributed by atoms with van der Waals surface area (Å²) in [5.74, 6) is -2.39. The quantitative estimate of drug-likeness (QED) is 0.832. The first-order chi connectivity index (χ1) is 10.0. The summed E-state index contributed by atoms with van der Waals surface area (Å²) in [6, 6.07) is 7.25. The molecule has 1 unspecified atom stereocenters. The average Bonchev–Trinajstić information content (AvgIpc) is 2.45. The molecule has 112 valence electrons. The van der Waals surface area contributed by atoms with Crippen molar-refractivity contribution in [2.75, 3.05) is 6.54 Å². The van der Waals surface area contributed by atoms with Crippen LogP contribution in [0.1, 0.15) is 30.5 Å². The minimum Gasteiger partial charge on any atom is -0.306 e. The van der Waals surface area contributed by atoms with E-state index in [-0.39, 0.29) is 10.6 Å². The van der Waals surface area contributed by atoms with Gasteiger partial charge in [0.2, 0.25) is 0 Å². The van der Waals surface area contributed by atoms with E-state index in [9.17, 15) is 13.2 Å². The van der Waals surface area contributed by atoms with E-state index in [1.54, 1.807) is 6.07 Å². The largest absolute Gasteiger partial charge is 0.306 e. The van der Waals surface area contributed by atoms with Gasteiger partial charge in [-0.1, -0.05) is 30.7 Å². The van der Waals surface area contributed by atoms with E-state index in [0.717, 1.165) is 18.6 Å². The zero-order chi connectivity index (χ0) is 15.4. The fourth-order valence-electron chi connectivity index (χ4n) is 2.15. The molecular weight excluding hydrogens is 299 g/mol. The van der Waals surface area contributed by atoms with Gasteiger partial charge in [-0.05, 0) is 42.8 Å². The predicted octanol–water partition coefficient (Wildman–Crippen LogP) is 4.85. The summed E-state index contributed by atoms with van der Waals surface area (Å²) in [5, 5.41) is 3.36. The first kappa shape index (κ1) is 15.9. The molecule has 2 aromatic rings. The maximum atomic E-state index is 14.1. The third-order valence-electron chi connectivity index (χ3n) is 3.16. The van der Waals surface area contributed by atoms with Crippen molar-refractivity contribution in [2.45, 2.75) is 19.4 Å². The van der Waals surface area contributed by atoms with Gasteiger partial charge in [-0.25, -0.2) is 13.2 Å². The molecule has 0 aromatic heterocycles. The van der Waals surface area contributed by atoms with Gasteiger partial charge in [0.15, 0.2) is 11.6 Å². The summed E-state index contributed by atoms with van der Waals surface area (Å²) in [4.78, 5) is 0. The van der Waals surface area contributed by atoms with Crippen LogP contribution >= 0.6 is 11.6 Å². The highest BCUT2D eigenvalue weighted by Crippen LogP contribution is 2.31. The van der Waals surface area contributed by atoms with E-state index in [2.05, 4.69) is 5.32 Å². The number of benzene rings is 2. The molecule has 0 saturated carbocycles. The summed E-state index contributed by atoms with van der Waals surface area (Å²) in [6.45, 7) is 2.55. The zero-order valence-corrected chi connectivity index (χ0v) is 12.2. The van der Waals surface area contributed by atoms with Gasteiger partial charge in [0.25, 0.3) is 0 Å². The molecule has 2 rings (SSSR count). The number of hydrogen-bond donors (Lipinski definition) is 1. The Morgan fingerprint density at radius 2 is 1.81 bits per heavy atom. The van der Waals surface area contributed by atoms with Gasteiger partial charge in [-0.15, -0.1) is 0 Å². The highest BCUT2D eigenvalue weighted by atomic mass is 35.5. The molecule has 0 fully saturated rings. The van der Waals surface area contributed by atoms with Crippen molar-refractivity contribution in [3.8, 4) is 0 Å². The second-order valence-electron chi connectivity index (χ2n) is 4.70. The van der Waals surface area contributed by atoms with Crippen LogP contribution in [0.25, 0.3) is 0 Å². The highest BCUT2D eigenvalue weighted by molar-refractivity contribution is 6.31. The molecule has 0 heterocycles. The van der Waals surface area contributed by atoms with Gasteiger partial charge in [0.1, 0.15) is 5.82 Å². The van der Waals surface area contributed by atoms with Crippen LogP contribution in [-0.4, -0.2) is 6.54 Å². The van der Waals surface area contributed by atoms with Crippen LogP contribution in [0.15, 0.2) is 36.4 Å². The van der Waals surface area contributed by atoms with Crippen LogP contribution in [0.3, 0.4) is 0 Å². The summed E-state index contributed by atoms with van der Waals surface area (Å²) < 4.78 is 40.6. The summed E-state index contributed by atoms with van der Waals surface area (Å²) in [5.41, 5.74) is 0.660. The fraction of sp³-hybridized carbons (Fsp3) is 0.250. The third-order valence-corrected chi connectivity index (χ3v) is 3.49. The first-order valence-corrected chi connectivity index (χ1v) is 7.04. The molecule has 0 amide bonds. The third kappa shape index (κ3) is 3.57. The van der Waals surface area contributed by atoms with Crippen LogP contribution in [0, 0.1) is 17.5 Å². The van der Waals surface area contributed by atoms with Gasteiger partial charge >= 0.3 is 0 Å². The normalized spacial score (nSPS) is 12.4. The molecule has 0 spiro atoms. The van der Waals surface area contributed by atoms with Gasteiger partial charge < -0.3 is 5.32 Å². The lowest BCUT2D eigenvalue weighted by Gasteiger charge is -2.21. The van der Waals surface area contributed by atoms with Crippen molar-refractivity contribution in [2.24, 2.45) is 0 Å². The first-order valence-electron chi connectivity index (χ1n) is 6.66. The van der Waals surface area contributed by atoms with Crippen LogP contribution in [-0.2, 0) is 0 Å². The Morgan fingerprint density at radius 1 is 1.05 bits per heavy atom. The van der Waals surface area contributed by atoms with Crippen molar-refractivity contribution < 1.29 is 13.2 Å². The molecule has 0 radical (unpaired) electrons. The molecule has 5 heteroatoms. The minimum atomic E-state index is -0.969. The van der Waals surface area contributed by atoms with Crippen LogP contribution < -0.4 is 5.32 Å². The van der Waals surface area contributed by atoms with E-state index in [0.29, 0.717) is 12.1 Å². The van der Waals surface area contributed by atoms with Gasteiger partial charge in [0.05, 0.1) is 6.04 Å². The van der Waals surface area contributed by atoms with Crippen molar-refractivity contribution >= 4 is 11.6 Å². The van der Waals surface area contributed by atoms with Crippen LogP contribution in [0.4, 0.5) is 13.2 Å². The average molecular weight is 314 g/mol. The lowest BCUT2D eigenvalue weighted by Crippen LogP contribution is -2.24. The molecule has 0 aliphatic rings. The molecular formula is C16H15ClF3N. The molecule has 0 aliphatic heterocycles. The Kier molecular flexibility index (Phi) is 5.26. The summed E-state index contributed by atoms with van der Waals surface area (Å²) in [7, 11) is 0. The van der Waals surface area contributed by atoms with Gasteiger partial charge in [-0.2, -0.15) is 0 Å². The topological polar surface area (TPSA) is 12.0 Å². The maximum Gasteiger partial charge on any atom is 0.159 e. The number of nitrogens with one attached hydrogen (secondary N) is 1. The van der Waals surface area contributed by atoms with Crippen LogP contribution in [0.5, 0.6) is 0 Å². The molecule has 0 aliphatic carbocycles. The van der Waals surface area contributed by atoms with E-state index in [1.807, 2.05) is 6.92 Å². The monoisotopic (exact) mass is 313 g/mol. The Labute approximate surface area is 126 Å². The van der Waals surface area contributed by atoms with E-state index in [1.165, 1.54) is 18.2 Å². The SMILES string of the molecule is CCCNC(c1ccc(F)c(F)c1)c1c(F)cccc1Cl. The van der Waals surface area contributed by atoms with Crippen molar-refractivity contribution in [1.82, 2.24) is 5.32 Å². The molecule has 0 saturated heterocycles. The maximum absolute atomic E-state index is 14.1. The van der Waals surface area contributed by atoms with E-state index in [4.69, 9.17) is 11.6 Å². The number of halogens is 4. The lowest BCUT2D eigenvalue weighted by molar-refractivity contribution is 0.500. The summed E-state index contributed by atoms with van der Waals surface area (Å²) in [6.07, 6.45) is 0.812. The highest BCUT2D eigenvalue weighted by Gasteiger charge is 2.21. The Bertz CT molecular complexity index is 611. The zero-order valence-electron chi connectivity index (χ0n) is 11.5. The van der Waals surface area contributed by atoms with Gasteiger partial charge in [0, 0.05) is 10.6 Å². The molecule has 21 heavy (non-hydrogen) atoms. The smallest absolute Gasteiger partial charge is 0.159 e. The Balaban J connectivity index is 2.49. The second kappa shape index (κ2) is 6.96. The molecule has 2 aromatic carbocycles. The van der Waals surface area contributed by atoms with Crippen molar-refractivity contribution in [3.05, 3.63) is 70.0 Å². The molecule has 1 atom stereocenters. The van der Waals surface area contributed by atoms with Crippen molar-refractivity contribution in [3.63, 3.8) is 0 Å². The van der Waals surface area contributed by atoms with Gasteiger partial charge in [-0.3, -0.25) is 0 Å². The fourth-order valence-corrected chi connectivity index (χ4v) is 2.43. The van der Waals surface area contributed by atoms with Crippen LogP contribution in [0.2, 0.25) is 5.02 Å². The van der Waals surface area contributed by atoms with E-state index >= 15 is 0 Å². The minimum absolute atomic E-state index is 0.235. The molecule has 0 bridgehead atoms. The standard InChI is InChI=1S/C16H15ClF3N/c1-2-8-21-16(10-6-7-12(18)14(20)9-10)15-11(17)4-3-5-13(15)19/h3-7,9,16,21H,2,8H2,1H3. The Morgan fingerprint density at radius 3 is 2.43 bits per heavy atom. The molecule has 1 N–H and O–H groups in total. The van der Waals surface area contributed by atoms with E-state index < -0.39 is 23.5 Å². The number of hydrogen-bond acceptors (Lipinski definition) is 1. The Hall–Kier alpha value is -1.52. The second-order valence-corrected chi connectivity index (χ2v) is 5.10. The number of rotatable bonds is 5. The predicted molar refractivity (Wildman–Crippen MR) is 77.9 cm³/mol.